The van der Waals surface area contributed by atoms with Gasteiger partial charge in [-0.15, -0.1) is 0 Å². The standard InChI is InChI=1S/C38H45N5O5/c1-10-27-33-17-28-21(2)15-24(39-28)16-29-22(3)25(11-13-36(45)47-8)31(40-29)18-32-26(12-14-37(46)48-9)23(4)30(41-32)19-34(42-33)38(27,5)20-35(44)43(6)7/h10,15-19,40-41H,11-14,20H2,1-9H3/b24-16?,27-10+,28-17?,29-16?,30-19?,31-18?,32-18?,33-17?,34-19?/t38-/m0/s1. The van der Waals surface area contributed by atoms with E-state index in [0.29, 0.717) is 12.8 Å². The Balaban J connectivity index is 1.90. The normalized spacial score (nSPS) is 16.5. The Morgan fingerprint density at radius 2 is 1.38 bits per heavy atom. The molecule has 0 fully saturated rings. The molecule has 0 aromatic carbocycles. The topological polar surface area (TPSA) is 130 Å². The van der Waals surface area contributed by atoms with Gasteiger partial charge in [-0.25, -0.2) is 4.98 Å². The molecule has 2 aliphatic rings. The van der Waals surface area contributed by atoms with E-state index in [0.717, 1.165) is 78.2 Å². The van der Waals surface area contributed by atoms with Gasteiger partial charge in [0.2, 0.25) is 5.91 Å². The van der Waals surface area contributed by atoms with Crippen LogP contribution in [0.1, 0.15) is 85.1 Å². The van der Waals surface area contributed by atoms with Crippen LogP contribution in [0.5, 0.6) is 0 Å². The number of aromatic nitrogens is 4. The molecule has 3 aromatic heterocycles. The van der Waals surface area contributed by atoms with Gasteiger partial charge in [0.15, 0.2) is 0 Å². The number of aryl methyl sites for hydroxylation is 4. The van der Waals surface area contributed by atoms with Gasteiger partial charge in [-0.2, -0.15) is 0 Å². The van der Waals surface area contributed by atoms with Crippen LogP contribution in [0.2, 0.25) is 0 Å². The minimum absolute atomic E-state index is 0.00208. The molecule has 10 nitrogen and oxygen atoms in total. The maximum absolute atomic E-state index is 13.3. The summed E-state index contributed by atoms with van der Waals surface area (Å²) in [7, 11) is 6.32. The second kappa shape index (κ2) is 13.6. The predicted molar refractivity (Wildman–Crippen MR) is 189 cm³/mol. The van der Waals surface area contributed by atoms with Crippen LogP contribution < -0.4 is 0 Å². The van der Waals surface area contributed by atoms with Crippen molar-refractivity contribution in [2.75, 3.05) is 28.3 Å². The van der Waals surface area contributed by atoms with E-state index in [1.165, 1.54) is 14.2 Å². The van der Waals surface area contributed by atoms with Crippen LogP contribution in [-0.2, 0) is 42.1 Å². The lowest BCUT2D eigenvalue weighted by molar-refractivity contribution is -0.141. The number of hydrogen-bond acceptors (Lipinski definition) is 7. The quantitative estimate of drug-likeness (QED) is 0.265. The first-order chi connectivity index (χ1) is 22.8. The Morgan fingerprint density at radius 1 is 0.812 bits per heavy atom. The van der Waals surface area contributed by atoms with E-state index in [1.807, 2.05) is 64.1 Å². The van der Waals surface area contributed by atoms with Crippen molar-refractivity contribution >= 4 is 57.1 Å². The zero-order valence-electron chi connectivity index (χ0n) is 29.4. The van der Waals surface area contributed by atoms with Gasteiger partial charge in [0.25, 0.3) is 0 Å². The number of nitrogens with one attached hydrogen (secondary N) is 2. The summed E-state index contributed by atoms with van der Waals surface area (Å²) in [6, 6.07) is 8.10. The van der Waals surface area contributed by atoms with Gasteiger partial charge in [0.05, 0.1) is 37.0 Å². The number of esters is 2. The Kier molecular flexibility index (Phi) is 9.75. The number of rotatable bonds is 8. The molecular weight excluding hydrogens is 606 g/mol. The number of allylic oxidation sites excluding steroid dienone is 3. The number of nitrogens with zero attached hydrogens (tertiary/aromatic N) is 3. The molecule has 48 heavy (non-hydrogen) atoms. The Morgan fingerprint density at radius 3 is 1.90 bits per heavy atom. The third kappa shape index (κ3) is 6.56. The van der Waals surface area contributed by atoms with E-state index in [2.05, 4.69) is 16.9 Å². The van der Waals surface area contributed by atoms with Crippen LogP contribution in [-0.4, -0.2) is 71.0 Å². The fourth-order valence-electron chi connectivity index (χ4n) is 6.68. The number of methoxy groups -OCH3 is 2. The molecule has 1 amide bonds. The van der Waals surface area contributed by atoms with Crippen molar-refractivity contribution in [1.82, 2.24) is 24.8 Å². The third-order valence-corrected chi connectivity index (χ3v) is 9.64. The van der Waals surface area contributed by atoms with Gasteiger partial charge in [-0.1, -0.05) is 6.08 Å². The average molecular weight is 652 g/mol. The second-order valence-electron chi connectivity index (χ2n) is 13.0. The van der Waals surface area contributed by atoms with Gasteiger partial charge in [-0.05, 0) is 111 Å². The van der Waals surface area contributed by atoms with E-state index >= 15 is 0 Å². The smallest absolute Gasteiger partial charge is 0.305 e. The zero-order valence-corrected chi connectivity index (χ0v) is 29.4. The van der Waals surface area contributed by atoms with Crippen molar-refractivity contribution in [3.63, 3.8) is 0 Å². The molecule has 0 saturated carbocycles. The molecule has 10 heteroatoms. The summed E-state index contributed by atoms with van der Waals surface area (Å²) in [5.41, 5.74) is 11.7. The summed E-state index contributed by atoms with van der Waals surface area (Å²) in [6.45, 7) is 10.1. The molecule has 0 spiro atoms. The maximum Gasteiger partial charge on any atom is 0.305 e. The summed E-state index contributed by atoms with van der Waals surface area (Å²) in [6.07, 6.45) is 5.71. The zero-order chi connectivity index (χ0) is 34.9. The van der Waals surface area contributed by atoms with Gasteiger partial charge < -0.3 is 24.3 Å². The van der Waals surface area contributed by atoms with E-state index < -0.39 is 5.41 Å². The number of H-pyrrole nitrogens is 2. The van der Waals surface area contributed by atoms with E-state index in [1.54, 1.807) is 19.0 Å². The largest absolute Gasteiger partial charge is 0.469 e. The summed E-state index contributed by atoms with van der Waals surface area (Å²) in [5, 5.41) is 0. The van der Waals surface area contributed by atoms with Crippen LogP contribution in [0, 0.1) is 13.8 Å². The maximum atomic E-state index is 13.3. The van der Waals surface area contributed by atoms with Crippen LogP contribution in [0.25, 0.3) is 39.3 Å². The van der Waals surface area contributed by atoms with E-state index in [-0.39, 0.29) is 37.1 Å². The van der Waals surface area contributed by atoms with Crippen molar-refractivity contribution in [1.29, 1.82) is 0 Å². The fraction of sp³-hybridized carbons (Fsp3) is 0.395. The lowest BCUT2D eigenvalue weighted by atomic mass is 9.76. The number of ether oxygens (including phenoxy) is 2. The molecule has 0 radical (unpaired) electrons. The predicted octanol–water partition coefficient (Wildman–Crippen LogP) is 6.54. The molecule has 0 unspecified atom stereocenters. The number of amides is 1. The first-order valence-electron chi connectivity index (χ1n) is 16.2. The Hall–Kier alpha value is -4.99. The molecule has 5 rings (SSSR count). The van der Waals surface area contributed by atoms with Crippen molar-refractivity contribution in [2.45, 2.75) is 72.1 Å². The second-order valence-corrected chi connectivity index (χ2v) is 13.0. The van der Waals surface area contributed by atoms with E-state index in [4.69, 9.17) is 19.4 Å². The van der Waals surface area contributed by atoms with Crippen molar-refractivity contribution in [3.8, 4) is 0 Å². The monoisotopic (exact) mass is 651 g/mol. The molecule has 2 aliphatic heterocycles. The molecule has 252 valence electrons. The van der Waals surface area contributed by atoms with E-state index in [9.17, 15) is 14.4 Å². The number of hydrogen-bond donors (Lipinski definition) is 2. The average Bonchev–Trinajstić information content (AvgIpc) is 3.71. The molecular formula is C38H45N5O5. The minimum Gasteiger partial charge on any atom is -0.469 e. The highest BCUT2D eigenvalue weighted by molar-refractivity contribution is 5.88. The molecule has 3 aromatic rings. The van der Waals surface area contributed by atoms with Gasteiger partial charge in [0.1, 0.15) is 0 Å². The van der Waals surface area contributed by atoms with Crippen molar-refractivity contribution in [2.24, 2.45) is 0 Å². The molecule has 0 aliphatic carbocycles. The van der Waals surface area contributed by atoms with Gasteiger partial charge >= 0.3 is 11.9 Å². The van der Waals surface area contributed by atoms with Gasteiger partial charge in [-0.3, -0.25) is 19.4 Å². The van der Waals surface area contributed by atoms with Crippen LogP contribution in [0.4, 0.5) is 0 Å². The fourth-order valence-corrected chi connectivity index (χ4v) is 6.68. The number of carbonyl (C=O) groups is 3. The highest BCUT2D eigenvalue weighted by Gasteiger charge is 2.40. The summed E-state index contributed by atoms with van der Waals surface area (Å²) >= 11 is 0. The molecule has 0 saturated heterocycles. The van der Waals surface area contributed by atoms with Crippen LogP contribution in [0.15, 0.2) is 30.3 Å². The molecule has 1 atom stereocenters. The van der Waals surface area contributed by atoms with Crippen LogP contribution in [0.3, 0.4) is 0 Å². The Bertz CT molecular complexity index is 2030. The van der Waals surface area contributed by atoms with Gasteiger partial charge in [0, 0.05) is 60.8 Å². The SMILES string of the molecule is C/C=C1\c2cc3nc(cc4[nH]c(cc5[nH]c(cc(n2)[C@@]1(C)CC(=O)N(C)C)c(C)c5CCC(=O)OC)c(CCC(=O)OC)c4C)C=C3C. The number of carbonyl (C=O) groups excluding carboxylic acids is 3. The molecule has 5 heterocycles. The lowest BCUT2D eigenvalue weighted by Crippen LogP contribution is -2.31. The first-order valence-corrected chi connectivity index (χ1v) is 16.2. The highest BCUT2D eigenvalue weighted by Crippen LogP contribution is 2.45. The Labute approximate surface area is 281 Å². The highest BCUT2D eigenvalue weighted by atomic mass is 16.5. The number of fused-ring (bicyclic) bond motifs is 8. The molecule has 8 bridgehead atoms. The first kappa shape index (κ1) is 34.3. The van der Waals surface area contributed by atoms with Crippen molar-refractivity contribution in [3.05, 3.63) is 75.4 Å². The van der Waals surface area contributed by atoms with Crippen molar-refractivity contribution < 1.29 is 23.9 Å². The van der Waals surface area contributed by atoms with Crippen LogP contribution >= 0.6 is 0 Å². The summed E-state index contributed by atoms with van der Waals surface area (Å²) in [5.74, 6) is -0.580. The summed E-state index contributed by atoms with van der Waals surface area (Å²) < 4.78 is 9.93. The summed E-state index contributed by atoms with van der Waals surface area (Å²) in [4.78, 5) is 56.7. The number of aromatic amines is 2. The third-order valence-electron chi connectivity index (χ3n) is 9.64. The lowest BCUT2D eigenvalue weighted by Gasteiger charge is -2.27. The minimum atomic E-state index is -0.703. The molecule has 2 N–H and O–H groups in total.